The zero-order valence-corrected chi connectivity index (χ0v) is 5.55. The van der Waals surface area contributed by atoms with Crippen LogP contribution in [0.15, 0.2) is 0 Å². The Hall–Kier alpha value is -0.330. The van der Waals surface area contributed by atoms with Gasteiger partial charge in [-0.3, -0.25) is 0 Å². The highest BCUT2D eigenvalue weighted by Crippen LogP contribution is 2.47. The summed E-state index contributed by atoms with van der Waals surface area (Å²) in [6.07, 6.45) is 6.45. The predicted molar refractivity (Wildman–Crippen MR) is 35.0 cm³/mol. The monoisotopic (exact) mass is 124 g/mol. The van der Waals surface area contributed by atoms with Gasteiger partial charge in [0.1, 0.15) is 6.29 Å². The molecule has 0 spiro atoms. The molecule has 2 fully saturated rings. The Labute approximate surface area is 55.4 Å². The maximum absolute atomic E-state index is 10.4. The van der Waals surface area contributed by atoms with E-state index >= 15 is 0 Å². The smallest absolute Gasteiger partial charge is 0.123 e. The first kappa shape index (κ1) is 5.45. The van der Waals surface area contributed by atoms with Crippen molar-refractivity contribution < 1.29 is 4.79 Å². The SMILES string of the molecule is O=CC1C[C@H]2CC[C@@H]1C2. The van der Waals surface area contributed by atoms with Crippen molar-refractivity contribution in [2.45, 2.75) is 25.7 Å². The van der Waals surface area contributed by atoms with Gasteiger partial charge < -0.3 is 4.79 Å². The first-order valence-corrected chi connectivity index (χ1v) is 3.85. The lowest BCUT2D eigenvalue weighted by molar-refractivity contribution is -0.112. The molecule has 1 nitrogen and oxygen atoms in total. The molecule has 2 aliphatic rings. The van der Waals surface area contributed by atoms with Gasteiger partial charge in [0.15, 0.2) is 0 Å². The molecule has 2 aliphatic carbocycles. The molecule has 0 radical (unpaired) electrons. The molecule has 1 unspecified atom stereocenters. The third-order valence-electron chi connectivity index (χ3n) is 2.97. The van der Waals surface area contributed by atoms with E-state index in [-0.39, 0.29) is 0 Å². The van der Waals surface area contributed by atoms with Crippen LogP contribution < -0.4 is 0 Å². The van der Waals surface area contributed by atoms with Crippen molar-refractivity contribution in [3.8, 4) is 0 Å². The van der Waals surface area contributed by atoms with Gasteiger partial charge in [0.2, 0.25) is 0 Å². The molecule has 2 rings (SSSR count). The van der Waals surface area contributed by atoms with Crippen molar-refractivity contribution in [3.05, 3.63) is 0 Å². The second-order valence-electron chi connectivity index (χ2n) is 3.47. The van der Waals surface area contributed by atoms with E-state index in [9.17, 15) is 4.79 Å². The van der Waals surface area contributed by atoms with Crippen molar-refractivity contribution in [2.75, 3.05) is 0 Å². The Bertz CT molecular complexity index is 131. The van der Waals surface area contributed by atoms with Crippen LogP contribution in [0.4, 0.5) is 0 Å². The van der Waals surface area contributed by atoms with Crippen molar-refractivity contribution in [2.24, 2.45) is 17.8 Å². The van der Waals surface area contributed by atoms with Gasteiger partial charge in [-0.15, -0.1) is 0 Å². The quantitative estimate of drug-likeness (QED) is 0.485. The van der Waals surface area contributed by atoms with Crippen LogP contribution in [0.5, 0.6) is 0 Å². The summed E-state index contributed by atoms with van der Waals surface area (Å²) in [4.78, 5) is 10.4. The molecule has 0 aromatic rings. The van der Waals surface area contributed by atoms with Crippen LogP contribution in [-0.2, 0) is 4.79 Å². The maximum Gasteiger partial charge on any atom is 0.123 e. The van der Waals surface area contributed by atoms with Crippen LogP contribution in [0.2, 0.25) is 0 Å². The molecule has 1 heteroatoms. The van der Waals surface area contributed by atoms with E-state index < -0.39 is 0 Å². The second-order valence-corrected chi connectivity index (χ2v) is 3.47. The molecule has 0 N–H and O–H groups in total. The van der Waals surface area contributed by atoms with E-state index in [1.165, 1.54) is 32.0 Å². The van der Waals surface area contributed by atoms with E-state index in [0.29, 0.717) is 5.92 Å². The van der Waals surface area contributed by atoms with E-state index in [1.807, 2.05) is 0 Å². The zero-order valence-electron chi connectivity index (χ0n) is 5.55. The summed E-state index contributed by atoms with van der Waals surface area (Å²) in [5.74, 6) is 2.15. The average molecular weight is 124 g/mol. The van der Waals surface area contributed by atoms with Crippen LogP contribution in [0, 0.1) is 17.8 Å². The fraction of sp³-hybridized carbons (Fsp3) is 0.875. The Balaban J connectivity index is 2.09. The van der Waals surface area contributed by atoms with E-state index in [2.05, 4.69) is 0 Å². The van der Waals surface area contributed by atoms with Crippen molar-refractivity contribution in [1.82, 2.24) is 0 Å². The van der Waals surface area contributed by atoms with E-state index in [0.717, 1.165) is 11.8 Å². The number of hydrogen-bond acceptors (Lipinski definition) is 1. The topological polar surface area (TPSA) is 17.1 Å². The van der Waals surface area contributed by atoms with Crippen LogP contribution in [-0.4, -0.2) is 6.29 Å². The molecule has 2 bridgehead atoms. The van der Waals surface area contributed by atoms with Crippen LogP contribution >= 0.6 is 0 Å². The van der Waals surface area contributed by atoms with Crippen LogP contribution in [0.3, 0.4) is 0 Å². The van der Waals surface area contributed by atoms with Crippen LogP contribution in [0.1, 0.15) is 25.7 Å². The Morgan fingerprint density at radius 3 is 2.44 bits per heavy atom. The van der Waals surface area contributed by atoms with Gasteiger partial charge in [0.25, 0.3) is 0 Å². The number of aldehydes is 1. The largest absolute Gasteiger partial charge is 0.303 e. The van der Waals surface area contributed by atoms with Gasteiger partial charge in [-0.05, 0) is 31.1 Å². The third-order valence-corrected chi connectivity index (χ3v) is 2.97. The fourth-order valence-corrected chi connectivity index (χ4v) is 2.46. The van der Waals surface area contributed by atoms with Crippen molar-refractivity contribution in [1.29, 1.82) is 0 Å². The molecule has 2 saturated carbocycles. The van der Waals surface area contributed by atoms with Crippen LogP contribution in [0.25, 0.3) is 0 Å². The van der Waals surface area contributed by atoms with Gasteiger partial charge in [-0.25, -0.2) is 0 Å². The molecule has 0 aliphatic heterocycles. The number of hydrogen-bond donors (Lipinski definition) is 0. The van der Waals surface area contributed by atoms with Crippen molar-refractivity contribution in [3.63, 3.8) is 0 Å². The molecule has 3 atom stereocenters. The molecule has 9 heavy (non-hydrogen) atoms. The summed E-state index contributed by atoms with van der Waals surface area (Å²) >= 11 is 0. The normalized spacial score (nSPS) is 47.8. The van der Waals surface area contributed by atoms with Gasteiger partial charge in [-0.1, -0.05) is 6.42 Å². The molecule has 0 aromatic heterocycles. The van der Waals surface area contributed by atoms with Gasteiger partial charge in [0.05, 0.1) is 0 Å². The minimum absolute atomic E-state index is 0.448. The summed E-state index contributed by atoms with van der Waals surface area (Å²) in [5.41, 5.74) is 0. The highest BCUT2D eigenvalue weighted by atomic mass is 16.1. The van der Waals surface area contributed by atoms with Crippen molar-refractivity contribution >= 4 is 6.29 Å². The molecular formula is C8H12O. The third kappa shape index (κ3) is 0.707. The van der Waals surface area contributed by atoms with Gasteiger partial charge in [-0.2, -0.15) is 0 Å². The lowest BCUT2D eigenvalue weighted by Gasteiger charge is -2.14. The summed E-state index contributed by atoms with van der Waals surface area (Å²) < 4.78 is 0. The highest BCUT2D eigenvalue weighted by molar-refractivity contribution is 5.55. The standard InChI is InChI=1S/C8H12O/c9-5-8-4-6-1-2-7(8)3-6/h5-8H,1-4H2/t6-,7+,8?/m0/s1. The number of fused-ring (bicyclic) bond motifs is 2. The first-order valence-electron chi connectivity index (χ1n) is 3.85. The summed E-state index contributed by atoms with van der Waals surface area (Å²) in [6.45, 7) is 0. The Kier molecular flexibility index (Phi) is 1.11. The molecular weight excluding hydrogens is 112 g/mol. The average Bonchev–Trinajstić information content (AvgIpc) is 2.45. The Morgan fingerprint density at radius 2 is 2.11 bits per heavy atom. The van der Waals surface area contributed by atoms with Gasteiger partial charge in [0, 0.05) is 5.92 Å². The number of carbonyl (C=O) groups excluding carboxylic acids is 1. The number of carbonyl (C=O) groups is 1. The fourth-order valence-electron chi connectivity index (χ4n) is 2.46. The van der Waals surface area contributed by atoms with E-state index in [4.69, 9.17) is 0 Å². The van der Waals surface area contributed by atoms with Gasteiger partial charge >= 0.3 is 0 Å². The molecule has 50 valence electrons. The summed E-state index contributed by atoms with van der Waals surface area (Å²) in [7, 11) is 0. The highest BCUT2D eigenvalue weighted by Gasteiger charge is 2.38. The minimum Gasteiger partial charge on any atom is -0.303 e. The summed E-state index contributed by atoms with van der Waals surface area (Å²) in [5, 5.41) is 0. The minimum atomic E-state index is 0.448. The lowest BCUT2D eigenvalue weighted by Crippen LogP contribution is -2.10. The van der Waals surface area contributed by atoms with E-state index in [1.54, 1.807) is 0 Å². The molecule has 0 heterocycles. The number of rotatable bonds is 1. The Morgan fingerprint density at radius 1 is 1.22 bits per heavy atom. The molecule has 0 aromatic carbocycles. The predicted octanol–water partition coefficient (Wildman–Crippen LogP) is 1.62. The summed E-state index contributed by atoms with van der Waals surface area (Å²) in [6, 6.07) is 0. The molecule has 0 saturated heterocycles. The first-order chi connectivity index (χ1) is 4.40. The zero-order chi connectivity index (χ0) is 6.27. The maximum atomic E-state index is 10.4. The second kappa shape index (κ2) is 1.83. The molecule has 0 amide bonds. The lowest BCUT2D eigenvalue weighted by atomic mass is 9.90.